The highest BCUT2D eigenvalue weighted by Gasteiger charge is 2.39. The number of non-ortho nitro benzene ring substituents is 1. The molecule has 236 valence electrons. The summed E-state index contributed by atoms with van der Waals surface area (Å²) in [6, 6.07) is 18.7. The van der Waals surface area contributed by atoms with Crippen molar-refractivity contribution < 1.29 is 28.9 Å². The molecule has 13 heteroatoms. The Kier molecular flexibility index (Phi) is 8.33. The van der Waals surface area contributed by atoms with Crippen molar-refractivity contribution in [3.8, 4) is 22.6 Å². The number of benzene rings is 4. The maximum absolute atomic E-state index is 13.4. The van der Waals surface area contributed by atoms with Crippen LogP contribution in [0.3, 0.4) is 0 Å². The van der Waals surface area contributed by atoms with E-state index in [1.165, 1.54) is 43.5 Å². The average molecular weight is 626 g/mol. The maximum atomic E-state index is 13.4. The van der Waals surface area contributed by atoms with Crippen LogP contribution in [0.2, 0.25) is 0 Å². The van der Waals surface area contributed by atoms with Gasteiger partial charge in [0.15, 0.2) is 0 Å². The zero-order chi connectivity index (χ0) is 33.3. The molecular formula is C33H31N5O8. The van der Waals surface area contributed by atoms with Gasteiger partial charge in [0.1, 0.15) is 29.2 Å². The molecule has 0 aromatic heterocycles. The number of methoxy groups -OCH3 is 1. The highest BCUT2D eigenvalue weighted by atomic mass is 16.6. The van der Waals surface area contributed by atoms with Gasteiger partial charge in [-0.1, -0.05) is 18.2 Å². The number of fused-ring (bicyclic) bond motifs is 1. The SMILES string of the molecule is COc1cc(NC(=O)c2ccccc2[N+](=O)[O-])ccc1-c1ccc2c(c1COc1cc([N+](=O)[O-])ccc1C)N(C)C(=O)C(C)(C)N2. The van der Waals surface area contributed by atoms with Gasteiger partial charge in [-0.2, -0.15) is 0 Å². The van der Waals surface area contributed by atoms with Gasteiger partial charge in [0, 0.05) is 42.1 Å². The number of rotatable bonds is 9. The van der Waals surface area contributed by atoms with Crippen LogP contribution in [0.15, 0.2) is 72.8 Å². The number of nitrogens with zero attached hydrogens (tertiary/aromatic N) is 3. The molecule has 0 aliphatic carbocycles. The number of ether oxygens (including phenoxy) is 2. The van der Waals surface area contributed by atoms with Gasteiger partial charge < -0.3 is 25.0 Å². The molecule has 0 bridgehead atoms. The summed E-state index contributed by atoms with van der Waals surface area (Å²) in [5, 5.41) is 28.9. The van der Waals surface area contributed by atoms with Gasteiger partial charge in [-0.15, -0.1) is 0 Å². The largest absolute Gasteiger partial charge is 0.496 e. The van der Waals surface area contributed by atoms with E-state index in [4.69, 9.17) is 9.47 Å². The van der Waals surface area contributed by atoms with Crippen LogP contribution < -0.4 is 25.0 Å². The third kappa shape index (κ3) is 5.89. The van der Waals surface area contributed by atoms with E-state index in [0.29, 0.717) is 50.8 Å². The first-order chi connectivity index (χ1) is 21.8. The molecule has 46 heavy (non-hydrogen) atoms. The number of hydrogen-bond acceptors (Lipinski definition) is 9. The van der Waals surface area contributed by atoms with E-state index in [9.17, 15) is 29.8 Å². The van der Waals surface area contributed by atoms with Gasteiger partial charge in [0.2, 0.25) is 0 Å². The fourth-order valence-corrected chi connectivity index (χ4v) is 5.45. The Bertz CT molecular complexity index is 1910. The summed E-state index contributed by atoms with van der Waals surface area (Å²) >= 11 is 0. The number of nitrogens with one attached hydrogen (secondary N) is 2. The van der Waals surface area contributed by atoms with Crippen molar-refractivity contribution in [1.29, 1.82) is 0 Å². The van der Waals surface area contributed by atoms with E-state index >= 15 is 0 Å². The third-order valence-corrected chi connectivity index (χ3v) is 7.75. The molecule has 0 fully saturated rings. The first kappa shape index (κ1) is 31.4. The second-order valence-electron chi connectivity index (χ2n) is 11.2. The molecule has 5 rings (SSSR count). The Balaban J connectivity index is 1.58. The number of para-hydroxylation sites is 1. The molecule has 13 nitrogen and oxygen atoms in total. The van der Waals surface area contributed by atoms with Crippen molar-refractivity contribution in [2.75, 3.05) is 29.7 Å². The molecule has 0 radical (unpaired) electrons. The molecule has 0 saturated heterocycles. The predicted molar refractivity (Wildman–Crippen MR) is 173 cm³/mol. The second-order valence-corrected chi connectivity index (χ2v) is 11.2. The standard InChI is InChI=1S/C33H31N5O8/c1-19-10-12-21(37(41)42)17-28(19)46-18-25-22(14-15-26-30(25)36(4)32(40)33(2,3)35-26)23-13-11-20(16-29(23)45-5)34-31(39)24-8-6-7-9-27(24)38(43)44/h6-17,35H,18H2,1-5H3,(H,34,39). The summed E-state index contributed by atoms with van der Waals surface area (Å²) in [5.74, 6) is -0.155. The molecule has 4 aromatic carbocycles. The maximum Gasteiger partial charge on any atom is 0.282 e. The number of nitro benzene ring substituents is 2. The number of likely N-dealkylation sites (N-methyl/N-ethyl adjacent to an activating group) is 1. The first-order valence-electron chi connectivity index (χ1n) is 14.2. The zero-order valence-electron chi connectivity index (χ0n) is 25.7. The zero-order valence-corrected chi connectivity index (χ0v) is 25.7. The van der Waals surface area contributed by atoms with Crippen molar-refractivity contribution in [1.82, 2.24) is 0 Å². The number of carbonyl (C=O) groups is 2. The smallest absolute Gasteiger partial charge is 0.282 e. The molecule has 0 atom stereocenters. The number of amides is 2. The Labute approximate surface area is 264 Å². The fraction of sp³-hybridized carbons (Fsp3) is 0.212. The molecule has 1 aliphatic heterocycles. The lowest BCUT2D eigenvalue weighted by atomic mass is 9.91. The molecular weight excluding hydrogens is 594 g/mol. The van der Waals surface area contributed by atoms with E-state index in [1.54, 1.807) is 57.0 Å². The highest BCUT2D eigenvalue weighted by Crippen LogP contribution is 2.45. The minimum absolute atomic E-state index is 0.0560. The lowest BCUT2D eigenvalue weighted by Gasteiger charge is -2.39. The van der Waals surface area contributed by atoms with Crippen molar-refractivity contribution in [3.05, 3.63) is 110 Å². The van der Waals surface area contributed by atoms with Crippen molar-refractivity contribution in [3.63, 3.8) is 0 Å². The fourth-order valence-electron chi connectivity index (χ4n) is 5.45. The topological polar surface area (TPSA) is 166 Å². The molecule has 2 amide bonds. The molecule has 1 aliphatic rings. The number of hydrogen-bond donors (Lipinski definition) is 2. The van der Waals surface area contributed by atoms with Gasteiger partial charge in [-0.05, 0) is 62.2 Å². The quantitative estimate of drug-likeness (QED) is 0.156. The summed E-state index contributed by atoms with van der Waals surface area (Å²) in [5.41, 5.74) is 2.75. The van der Waals surface area contributed by atoms with Crippen LogP contribution in [-0.2, 0) is 11.4 Å². The molecule has 4 aromatic rings. The van der Waals surface area contributed by atoms with E-state index in [-0.39, 0.29) is 29.5 Å². The Morgan fingerprint density at radius 2 is 1.67 bits per heavy atom. The molecule has 0 spiro atoms. The molecule has 0 unspecified atom stereocenters. The lowest BCUT2D eigenvalue weighted by molar-refractivity contribution is -0.385. The Hall–Kier alpha value is -5.98. The van der Waals surface area contributed by atoms with Crippen LogP contribution in [0.5, 0.6) is 11.5 Å². The van der Waals surface area contributed by atoms with Crippen molar-refractivity contribution >= 4 is 40.3 Å². The van der Waals surface area contributed by atoms with Crippen molar-refractivity contribution in [2.24, 2.45) is 0 Å². The minimum Gasteiger partial charge on any atom is -0.496 e. The lowest BCUT2D eigenvalue weighted by Crippen LogP contribution is -2.52. The van der Waals surface area contributed by atoms with Crippen LogP contribution in [-0.4, -0.2) is 41.4 Å². The highest BCUT2D eigenvalue weighted by molar-refractivity contribution is 6.09. The number of aryl methyl sites for hydroxylation is 1. The van der Waals surface area contributed by atoms with Crippen LogP contribution in [0.4, 0.5) is 28.4 Å². The van der Waals surface area contributed by atoms with Crippen molar-refractivity contribution in [2.45, 2.75) is 32.9 Å². The average Bonchev–Trinajstić information content (AvgIpc) is 3.02. The monoisotopic (exact) mass is 625 g/mol. The third-order valence-electron chi connectivity index (χ3n) is 7.75. The summed E-state index contributed by atoms with van der Waals surface area (Å²) in [7, 11) is 3.14. The summed E-state index contributed by atoms with van der Waals surface area (Å²) in [6.07, 6.45) is 0. The van der Waals surface area contributed by atoms with E-state index in [1.807, 2.05) is 12.1 Å². The van der Waals surface area contributed by atoms with Gasteiger partial charge in [0.05, 0.1) is 34.4 Å². The number of anilines is 3. The van der Waals surface area contributed by atoms with E-state index < -0.39 is 21.3 Å². The Morgan fingerprint density at radius 1 is 0.957 bits per heavy atom. The minimum atomic E-state index is -0.872. The van der Waals surface area contributed by atoms with Crippen LogP contribution in [0.1, 0.15) is 35.3 Å². The summed E-state index contributed by atoms with van der Waals surface area (Å²) in [4.78, 5) is 49.6. The van der Waals surface area contributed by atoms with Crippen LogP contribution >= 0.6 is 0 Å². The molecule has 1 heterocycles. The number of nitro groups is 2. The van der Waals surface area contributed by atoms with Gasteiger partial charge >= 0.3 is 0 Å². The second kappa shape index (κ2) is 12.2. The van der Waals surface area contributed by atoms with Gasteiger partial charge in [0.25, 0.3) is 23.2 Å². The van der Waals surface area contributed by atoms with Gasteiger partial charge in [-0.3, -0.25) is 29.8 Å². The molecule has 0 saturated carbocycles. The normalized spacial score (nSPS) is 13.3. The summed E-state index contributed by atoms with van der Waals surface area (Å²) in [6.45, 7) is 5.29. The van der Waals surface area contributed by atoms with Crippen LogP contribution in [0.25, 0.3) is 11.1 Å². The summed E-state index contributed by atoms with van der Waals surface area (Å²) < 4.78 is 11.9. The predicted octanol–water partition coefficient (Wildman–Crippen LogP) is 6.49. The first-order valence-corrected chi connectivity index (χ1v) is 14.2. The molecule has 2 N–H and O–H groups in total. The van der Waals surface area contributed by atoms with Gasteiger partial charge in [-0.25, -0.2) is 0 Å². The van der Waals surface area contributed by atoms with E-state index in [0.717, 1.165) is 0 Å². The number of carbonyl (C=O) groups excluding carboxylic acids is 2. The van der Waals surface area contributed by atoms with Crippen LogP contribution in [0, 0.1) is 27.2 Å². The van der Waals surface area contributed by atoms with E-state index in [2.05, 4.69) is 10.6 Å². The Morgan fingerprint density at radius 3 is 2.37 bits per heavy atom.